The molecular weight excluding hydrogens is 558 g/mol. The summed E-state index contributed by atoms with van der Waals surface area (Å²) in [6, 6.07) is 11.1. The highest BCUT2D eigenvalue weighted by molar-refractivity contribution is 7.89. The Labute approximate surface area is 234 Å². The quantitative estimate of drug-likeness (QED) is 0.270. The summed E-state index contributed by atoms with van der Waals surface area (Å²) >= 11 is 0. The number of aliphatic hydroxyl groups excluding tert-OH is 1. The summed E-state index contributed by atoms with van der Waals surface area (Å²) in [5.41, 5.74) is 1.04. The summed E-state index contributed by atoms with van der Waals surface area (Å²) in [5.74, 6) is 1.08. The van der Waals surface area contributed by atoms with Gasteiger partial charge in [0.2, 0.25) is 20.0 Å². The largest absolute Gasteiger partial charge is 0.491 e. The Bertz CT molecular complexity index is 1570. The molecule has 0 radical (unpaired) electrons. The van der Waals surface area contributed by atoms with Gasteiger partial charge in [-0.15, -0.1) is 0 Å². The topological polar surface area (TPSA) is 163 Å². The van der Waals surface area contributed by atoms with E-state index in [0.29, 0.717) is 43.8 Å². The number of aromatic nitrogens is 2. The van der Waals surface area contributed by atoms with Gasteiger partial charge in [-0.25, -0.2) is 26.5 Å². The van der Waals surface area contributed by atoms with E-state index in [1.54, 1.807) is 30.3 Å². The van der Waals surface area contributed by atoms with Crippen molar-refractivity contribution in [1.29, 1.82) is 0 Å². The Kier molecular flexibility index (Phi) is 8.21. The normalized spacial score (nSPS) is 20.7. The monoisotopic (exact) mass is 593 g/mol. The lowest BCUT2D eigenvalue weighted by atomic mass is 9.88. The highest BCUT2D eigenvalue weighted by Crippen LogP contribution is 2.37. The summed E-state index contributed by atoms with van der Waals surface area (Å²) < 4.78 is 66.1. The van der Waals surface area contributed by atoms with Gasteiger partial charge in [0.05, 0.1) is 33.0 Å². The Morgan fingerprint density at radius 2 is 1.95 bits per heavy atom. The lowest BCUT2D eigenvalue weighted by Gasteiger charge is -2.38. The van der Waals surface area contributed by atoms with Gasteiger partial charge in [-0.1, -0.05) is 6.07 Å². The van der Waals surface area contributed by atoms with Crippen molar-refractivity contribution < 1.29 is 31.4 Å². The maximum Gasteiger partial charge on any atom is 0.243 e. The molecular formula is C26H35N5O7S2. The number of fused-ring (bicyclic) bond motifs is 1. The molecule has 1 aromatic heterocycles. The fourth-order valence-corrected chi connectivity index (χ4v) is 7.51. The summed E-state index contributed by atoms with van der Waals surface area (Å²) in [6.07, 6.45) is 1.08. The van der Waals surface area contributed by atoms with Gasteiger partial charge in [-0.3, -0.25) is 0 Å². The average molecular weight is 594 g/mol. The number of hydrogen-bond acceptors (Lipinski definition) is 9. The number of aromatic amines is 1. The second-order valence-corrected chi connectivity index (χ2v) is 14.2. The van der Waals surface area contributed by atoms with Crippen LogP contribution in [0.3, 0.4) is 0 Å². The third-order valence-electron chi connectivity index (χ3n) is 7.52. The number of ether oxygens (including phenoxy) is 2. The van der Waals surface area contributed by atoms with Crippen LogP contribution in [-0.2, 0) is 24.8 Å². The van der Waals surface area contributed by atoms with Crippen LogP contribution in [0.15, 0.2) is 52.3 Å². The van der Waals surface area contributed by atoms with Crippen LogP contribution < -0.4 is 14.8 Å². The lowest BCUT2D eigenvalue weighted by Crippen LogP contribution is -2.47. The molecule has 0 bridgehead atoms. The van der Waals surface area contributed by atoms with Crippen LogP contribution in [-0.4, -0.2) is 93.9 Å². The SMILES string of the molecule is CNS(=O)(=O)c1cccc(OCC(O)CN[C@H]2COC3(CCN(S(=O)(=O)c4ccc5[nH]c(C)nc5c4)CC3)C2)c1. The van der Waals surface area contributed by atoms with E-state index < -0.39 is 31.8 Å². The fourth-order valence-electron chi connectivity index (χ4n) is 5.28. The minimum Gasteiger partial charge on any atom is -0.491 e. The molecule has 4 N–H and O–H groups in total. The number of nitrogens with one attached hydrogen (secondary N) is 3. The van der Waals surface area contributed by atoms with E-state index >= 15 is 0 Å². The van der Waals surface area contributed by atoms with Crippen LogP contribution in [0, 0.1) is 6.92 Å². The summed E-state index contributed by atoms with van der Waals surface area (Å²) in [6.45, 7) is 3.30. The molecule has 2 aromatic carbocycles. The number of benzene rings is 2. The van der Waals surface area contributed by atoms with E-state index in [2.05, 4.69) is 20.0 Å². The number of aryl methyl sites for hydroxylation is 1. The molecule has 40 heavy (non-hydrogen) atoms. The first kappa shape index (κ1) is 28.9. The van der Waals surface area contributed by atoms with E-state index in [9.17, 15) is 21.9 Å². The maximum atomic E-state index is 13.3. The molecule has 1 unspecified atom stereocenters. The van der Waals surface area contributed by atoms with Crippen molar-refractivity contribution in [3.8, 4) is 5.75 Å². The highest BCUT2D eigenvalue weighted by atomic mass is 32.2. The predicted molar refractivity (Wildman–Crippen MR) is 148 cm³/mol. The van der Waals surface area contributed by atoms with Gasteiger partial charge < -0.3 is 24.9 Å². The number of nitrogens with zero attached hydrogens (tertiary/aromatic N) is 2. The second-order valence-electron chi connectivity index (χ2n) is 10.4. The van der Waals surface area contributed by atoms with Crippen LogP contribution >= 0.6 is 0 Å². The number of rotatable bonds is 10. The highest BCUT2D eigenvalue weighted by Gasteiger charge is 2.44. The van der Waals surface area contributed by atoms with Crippen molar-refractivity contribution >= 4 is 31.1 Å². The van der Waals surface area contributed by atoms with Crippen molar-refractivity contribution in [2.75, 3.05) is 39.9 Å². The molecule has 0 amide bonds. The number of imidazole rings is 1. The molecule has 218 valence electrons. The molecule has 14 heteroatoms. The van der Waals surface area contributed by atoms with Gasteiger partial charge in [-0.2, -0.15) is 4.31 Å². The fraction of sp³-hybridized carbons (Fsp3) is 0.500. The number of H-pyrrole nitrogens is 1. The standard InChI is InChI=1S/C26H35N5O7S2/c1-18-29-24-7-6-23(13-25(24)30-18)40(35,36)31-10-8-26(9-11-31)14-19(16-38-26)28-15-20(32)17-37-21-4-3-5-22(12-21)39(33,34)27-2/h3-7,12-13,19-20,27-28,32H,8-11,14-17H2,1-2H3,(H,29,30)/t19-,20?/m1/s1. The molecule has 3 heterocycles. The van der Waals surface area contributed by atoms with Crippen LogP contribution in [0.1, 0.15) is 25.1 Å². The molecule has 2 saturated heterocycles. The van der Waals surface area contributed by atoms with Gasteiger partial charge in [0.25, 0.3) is 0 Å². The van der Waals surface area contributed by atoms with Gasteiger partial charge in [0, 0.05) is 31.7 Å². The van der Waals surface area contributed by atoms with Gasteiger partial charge >= 0.3 is 0 Å². The van der Waals surface area contributed by atoms with E-state index in [4.69, 9.17) is 9.47 Å². The molecule has 12 nitrogen and oxygen atoms in total. The number of aliphatic hydroxyl groups is 1. The van der Waals surface area contributed by atoms with Crippen LogP contribution in [0.2, 0.25) is 0 Å². The van der Waals surface area contributed by atoms with Crippen molar-refractivity contribution in [1.82, 2.24) is 24.3 Å². The zero-order valence-electron chi connectivity index (χ0n) is 22.5. The lowest BCUT2D eigenvalue weighted by molar-refractivity contribution is -0.0312. The van der Waals surface area contributed by atoms with Gasteiger partial charge in [-0.05, 0) is 63.6 Å². The van der Waals surface area contributed by atoms with E-state index in [1.807, 2.05) is 6.92 Å². The van der Waals surface area contributed by atoms with Crippen molar-refractivity contribution in [2.45, 2.75) is 53.7 Å². The van der Waals surface area contributed by atoms with E-state index in [0.717, 1.165) is 17.8 Å². The number of sulfonamides is 2. The summed E-state index contributed by atoms with van der Waals surface area (Å²) in [7, 11) is -5.89. The third kappa shape index (κ3) is 6.17. The number of piperidine rings is 1. The molecule has 2 aliphatic rings. The molecule has 1 spiro atoms. The predicted octanol–water partition coefficient (Wildman–Crippen LogP) is 1.12. The Balaban J connectivity index is 1.09. The first-order valence-corrected chi connectivity index (χ1v) is 16.1. The Hall–Kier alpha value is -2.59. The van der Waals surface area contributed by atoms with Gasteiger partial charge in [0.15, 0.2) is 0 Å². The summed E-state index contributed by atoms with van der Waals surface area (Å²) in [4.78, 5) is 7.78. The van der Waals surface area contributed by atoms with Crippen LogP contribution in [0.25, 0.3) is 11.0 Å². The smallest absolute Gasteiger partial charge is 0.243 e. The molecule has 3 aromatic rings. The number of hydrogen-bond donors (Lipinski definition) is 4. The molecule has 0 saturated carbocycles. The van der Waals surface area contributed by atoms with Crippen molar-refractivity contribution in [3.05, 3.63) is 48.3 Å². The molecule has 2 fully saturated rings. The average Bonchev–Trinajstić information content (AvgIpc) is 3.52. The molecule has 5 rings (SSSR count). The van der Waals surface area contributed by atoms with Gasteiger partial charge in [0.1, 0.15) is 24.3 Å². The maximum absolute atomic E-state index is 13.3. The Morgan fingerprint density at radius 3 is 2.70 bits per heavy atom. The van der Waals surface area contributed by atoms with Crippen molar-refractivity contribution in [3.63, 3.8) is 0 Å². The zero-order chi connectivity index (χ0) is 28.5. The second kappa shape index (κ2) is 11.4. The van der Waals surface area contributed by atoms with Crippen molar-refractivity contribution in [2.24, 2.45) is 0 Å². The zero-order valence-corrected chi connectivity index (χ0v) is 24.1. The van der Waals surface area contributed by atoms with Crippen LogP contribution in [0.4, 0.5) is 0 Å². The summed E-state index contributed by atoms with van der Waals surface area (Å²) in [5, 5.41) is 13.7. The third-order valence-corrected chi connectivity index (χ3v) is 10.8. The first-order chi connectivity index (χ1) is 19.0. The first-order valence-electron chi connectivity index (χ1n) is 13.2. The minimum atomic E-state index is -3.64. The van der Waals surface area contributed by atoms with E-state index in [1.165, 1.54) is 23.5 Å². The Morgan fingerprint density at radius 1 is 1.18 bits per heavy atom. The molecule has 2 atom stereocenters. The van der Waals surface area contributed by atoms with E-state index in [-0.39, 0.29) is 29.0 Å². The minimum absolute atomic E-state index is 0.00870. The molecule has 0 aliphatic carbocycles. The molecule has 2 aliphatic heterocycles. The van der Waals surface area contributed by atoms with Crippen LogP contribution in [0.5, 0.6) is 5.75 Å².